The van der Waals surface area contributed by atoms with Crippen LogP contribution in [0.5, 0.6) is 0 Å². The van der Waals surface area contributed by atoms with Gasteiger partial charge >= 0.3 is 0 Å². The predicted molar refractivity (Wildman–Crippen MR) is 122 cm³/mol. The number of hydrogen-bond donors (Lipinski definition) is 3. The second kappa shape index (κ2) is 8.11. The molecule has 2 aromatic rings. The van der Waals surface area contributed by atoms with Gasteiger partial charge in [0.1, 0.15) is 11.6 Å². The summed E-state index contributed by atoms with van der Waals surface area (Å²) in [5.41, 5.74) is -0.444. The summed E-state index contributed by atoms with van der Waals surface area (Å²) in [4.78, 5) is 41.6. The van der Waals surface area contributed by atoms with Crippen molar-refractivity contribution in [2.45, 2.75) is 50.0 Å². The zero-order valence-corrected chi connectivity index (χ0v) is 18.8. The second-order valence-corrected chi connectivity index (χ2v) is 9.21. The minimum atomic E-state index is -1.07. The Balaban J connectivity index is 1.53. The lowest BCUT2D eigenvalue weighted by Crippen LogP contribution is -2.56. The number of fused-ring (bicyclic) bond motifs is 2. The maximum atomic E-state index is 13.7. The van der Waals surface area contributed by atoms with E-state index < -0.39 is 29.5 Å². The molecule has 3 aliphatic heterocycles. The number of nitrogens with one attached hydrogen (secondary N) is 2. The molecule has 5 rings (SSSR count). The third-order valence-corrected chi connectivity index (χ3v) is 7.63. The number of carbonyl (C=O) groups excluding carboxylic acids is 3. The summed E-state index contributed by atoms with van der Waals surface area (Å²) >= 11 is 0. The molecule has 8 nitrogen and oxygen atoms in total. The summed E-state index contributed by atoms with van der Waals surface area (Å²) in [6.45, 7) is 1.60. The lowest BCUT2D eigenvalue weighted by atomic mass is 9.70. The molecule has 3 heterocycles. The molecule has 6 atom stereocenters. The molecular weight excluding hydrogens is 422 g/mol. The Morgan fingerprint density at radius 2 is 1.97 bits per heavy atom. The number of rotatable bonds is 6. The number of amides is 3. The van der Waals surface area contributed by atoms with Crippen molar-refractivity contribution in [2.24, 2.45) is 11.8 Å². The highest BCUT2D eigenvalue weighted by Crippen LogP contribution is 2.58. The third kappa shape index (κ3) is 3.15. The van der Waals surface area contributed by atoms with Gasteiger partial charge in [0.25, 0.3) is 0 Å². The smallest absolute Gasteiger partial charge is 0.250 e. The lowest BCUT2D eigenvalue weighted by Gasteiger charge is -2.36. The van der Waals surface area contributed by atoms with Crippen molar-refractivity contribution in [3.8, 4) is 0 Å². The quantitative estimate of drug-likeness (QED) is 0.619. The van der Waals surface area contributed by atoms with E-state index in [1.165, 1.54) is 4.90 Å². The van der Waals surface area contributed by atoms with Gasteiger partial charge < -0.3 is 25.4 Å². The Morgan fingerprint density at radius 1 is 1.21 bits per heavy atom. The van der Waals surface area contributed by atoms with Gasteiger partial charge in [0, 0.05) is 12.7 Å². The molecule has 3 saturated heterocycles. The fourth-order valence-corrected chi connectivity index (χ4v) is 6.14. The summed E-state index contributed by atoms with van der Waals surface area (Å²) in [6.07, 6.45) is 1.24. The van der Waals surface area contributed by atoms with Crippen molar-refractivity contribution in [3.63, 3.8) is 0 Å². The molecule has 2 bridgehead atoms. The molecule has 3 amide bonds. The normalized spacial score (nSPS) is 31.0. The van der Waals surface area contributed by atoms with E-state index in [2.05, 4.69) is 10.6 Å². The number of aliphatic hydroxyl groups is 1. The summed E-state index contributed by atoms with van der Waals surface area (Å²) < 4.78 is 6.34. The molecule has 0 aliphatic carbocycles. The highest BCUT2D eigenvalue weighted by atomic mass is 16.5. The first-order valence-electron chi connectivity index (χ1n) is 11.6. The van der Waals surface area contributed by atoms with Gasteiger partial charge in [-0.15, -0.1) is 0 Å². The first-order valence-corrected chi connectivity index (χ1v) is 11.6. The zero-order valence-electron chi connectivity index (χ0n) is 18.8. The van der Waals surface area contributed by atoms with Gasteiger partial charge in [-0.1, -0.05) is 37.3 Å². The molecule has 3 aliphatic rings. The Kier molecular flexibility index (Phi) is 5.37. The van der Waals surface area contributed by atoms with Gasteiger partial charge in [0.05, 0.1) is 30.6 Å². The Bertz CT molecular complexity index is 1120. The van der Waals surface area contributed by atoms with Crippen LogP contribution in [0.25, 0.3) is 10.8 Å². The molecule has 3 fully saturated rings. The van der Waals surface area contributed by atoms with Crippen molar-refractivity contribution < 1.29 is 24.2 Å². The molecule has 1 spiro atoms. The lowest BCUT2D eigenvalue weighted by molar-refractivity contribution is -0.144. The van der Waals surface area contributed by atoms with Crippen molar-refractivity contribution in [1.82, 2.24) is 10.2 Å². The minimum Gasteiger partial charge on any atom is -0.394 e. The summed E-state index contributed by atoms with van der Waals surface area (Å²) in [5.74, 6) is -2.25. The van der Waals surface area contributed by atoms with Crippen LogP contribution in [0.2, 0.25) is 0 Å². The number of ether oxygens (including phenoxy) is 1. The fraction of sp³-hybridized carbons (Fsp3) is 0.480. The number of hydrogen-bond acceptors (Lipinski definition) is 5. The van der Waals surface area contributed by atoms with E-state index in [0.29, 0.717) is 24.9 Å². The predicted octanol–water partition coefficient (Wildman–Crippen LogP) is 1.67. The summed E-state index contributed by atoms with van der Waals surface area (Å²) in [5, 5.41) is 17.7. The molecule has 0 aromatic heterocycles. The number of benzene rings is 2. The number of carbonyl (C=O) groups is 3. The van der Waals surface area contributed by atoms with E-state index in [0.717, 1.165) is 10.8 Å². The molecule has 0 saturated carbocycles. The average molecular weight is 452 g/mol. The first-order chi connectivity index (χ1) is 15.9. The van der Waals surface area contributed by atoms with Gasteiger partial charge in [-0.2, -0.15) is 0 Å². The number of nitrogens with zero attached hydrogens (tertiary/aromatic N) is 1. The van der Waals surface area contributed by atoms with Crippen LogP contribution in [0.1, 0.15) is 26.2 Å². The number of aliphatic hydroxyl groups excluding tert-OH is 1. The molecule has 174 valence electrons. The van der Waals surface area contributed by atoms with E-state index in [9.17, 15) is 19.5 Å². The van der Waals surface area contributed by atoms with Gasteiger partial charge in [0.15, 0.2) is 0 Å². The maximum Gasteiger partial charge on any atom is 0.250 e. The number of anilines is 1. The van der Waals surface area contributed by atoms with Crippen LogP contribution in [-0.2, 0) is 19.1 Å². The van der Waals surface area contributed by atoms with E-state index in [-0.39, 0.29) is 30.4 Å². The van der Waals surface area contributed by atoms with Crippen molar-refractivity contribution in [3.05, 3.63) is 42.5 Å². The topological polar surface area (TPSA) is 108 Å². The molecule has 2 aromatic carbocycles. The first kappa shape index (κ1) is 21.9. The molecule has 8 heteroatoms. The van der Waals surface area contributed by atoms with Crippen LogP contribution in [0, 0.1) is 11.8 Å². The van der Waals surface area contributed by atoms with Crippen LogP contribution in [-0.4, -0.2) is 65.2 Å². The zero-order chi connectivity index (χ0) is 23.3. The van der Waals surface area contributed by atoms with Gasteiger partial charge in [0.2, 0.25) is 17.7 Å². The van der Waals surface area contributed by atoms with Crippen LogP contribution in [0.15, 0.2) is 42.5 Å². The van der Waals surface area contributed by atoms with Gasteiger partial charge in [-0.05, 0) is 42.2 Å². The fourth-order valence-electron chi connectivity index (χ4n) is 6.14. The van der Waals surface area contributed by atoms with E-state index >= 15 is 0 Å². The Morgan fingerprint density at radius 3 is 2.67 bits per heavy atom. The highest BCUT2D eigenvalue weighted by molar-refractivity contribution is 6.04. The van der Waals surface area contributed by atoms with Crippen LogP contribution in [0.3, 0.4) is 0 Å². The molecule has 33 heavy (non-hydrogen) atoms. The van der Waals surface area contributed by atoms with Crippen molar-refractivity contribution in [2.75, 3.05) is 19.0 Å². The standard InChI is InChI=1S/C25H29N3O5/c1-3-17(13-29)28-21(23(31)27-16-9-8-14-6-4-5-7-15(14)12-16)25-11-10-18(33-25)19(22(30)26-2)20(25)24(28)32/h4-9,12,17-21,29H,3,10-11,13H2,1-2H3,(H,26,30)(H,27,31)/t17-,18+,19-,20-,21?,25?/m0/s1. The highest BCUT2D eigenvalue weighted by Gasteiger charge is 2.74. The molecule has 3 N–H and O–H groups in total. The van der Waals surface area contributed by atoms with E-state index in [1.807, 2.05) is 49.4 Å². The Labute approximate surface area is 192 Å². The van der Waals surface area contributed by atoms with Gasteiger partial charge in [-0.25, -0.2) is 0 Å². The monoisotopic (exact) mass is 451 g/mol. The van der Waals surface area contributed by atoms with E-state index in [4.69, 9.17) is 4.74 Å². The molecular formula is C25H29N3O5. The number of likely N-dealkylation sites (tertiary alicyclic amines) is 1. The third-order valence-electron chi connectivity index (χ3n) is 7.63. The molecule has 0 radical (unpaired) electrons. The van der Waals surface area contributed by atoms with Gasteiger partial charge in [-0.3, -0.25) is 14.4 Å². The second-order valence-electron chi connectivity index (χ2n) is 9.21. The average Bonchev–Trinajstić information content (AvgIpc) is 3.47. The van der Waals surface area contributed by atoms with Crippen LogP contribution < -0.4 is 10.6 Å². The summed E-state index contributed by atoms with van der Waals surface area (Å²) in [7, 11) is 1.55. The summed E-state index contributed by atoms with van der Waals surface area (Å²) in [6, 6.07) is 12.1. The maximum absolute atomic E-state index is 13.7. The van der Waals surface area contributed by atoms with Crippen molar-refractivity contribution >= 4 is 34.2 Å². The largest absolute Gasteiger partial charge is 0.394 e. The SMILES string of the molecule is CC[C@@H](CO)N1C(=O)[C@@H]2[C@@H](C(=O)NC)[C@H]3CCC2(O3)C1C(=O)Nc1ccc2ccccc2c1. The van der Waals surface area contributed by atoms with Crippen molar-refractivity contribution in [1.29, 1.82) is 0 Å². The van der Waals surface area contributed by atoms with Crippen LogP contribution >= 0.6 is 0 Å². The van der Waals surface area contributed by atoms with Crippen LogP contribution in [0.4, 0.5) is 5.69 Å². The Hall–Kier alpha value is -2.97. The molecule has 2 unspecified atom stereocenters. The minimum absolute atomic E-state index is 0.243. The van der Waals surface area contributed by atoms with E-state index in [1.54, 1.807) is 7.05 Å².